The van der Waals surface area contributed by atoms with Crippen LogP contribution in [0.5, 0.6) is 5.75 Å². The third-order valence-corrected chi connectivity index (χ3v) is 19.9. The molecule has 0 saturated heterocycles. The van der Waals surface area contributed by atoms with E-state index in [1.54, 1.807) is 19.1 Å². The minimum Gasteiger partial charge on any atom is -0.483 e. The number of rotatable bonds is 12. The van der Waals surface area contributed by atoms with Crippen molar-refractivity contribution in [3.63, 3.8) is 0 Å². The number of benzene rings is 5. The highest BCUT2D eigenvalue weighted by atomic mass is 16.6. The smallest absolute Gasteiger partial charge is 0.340 e. The number of aliphatic hydroxyl groups excluding tert-OH is 4. The summed E-state index contributed by atoms with van der Waals surface area (Å²) in [4.78, 5) is 45.7. The van der Waals surface area contributed by atoms with Gasteiger partial charge in [0.05, 0.1) is 25.4 Å². The highest BCUT2D eigenvalue weighted by Crippen LogP contribution is 2.58. The molecule has 4 aliphatic carbocycles. The first-order valence-corrected chi connectivity index (χ1v) is 30.1. The molecule has 5 aromatic carbocycles. The molecule has 3 aliphatic heterocycles. The van der Waals surface area contributed by atoms with Crippen molar-refractivity contribution >= 4 is 29.0 Å². The Bertz CT molecular complexity index is 3510. The van der Waals surface area contributed by atoms with Crippen molar-refractivity contribution in [3.05, 3.63) is 211 Å². The van der Waals surface area contributed by atoms with Gasteiger partial charge in [-0.05, 0) is 145 Å². The largest absolute Gasteiger partial charge is 0.483 e. The lowest BCUT2D eigenvalue weighted by Gasteiger charge is -2.48. The molecule has 12 heteroatoms. The molecule has 2 bridgehead atoms. The SMILES string of the molecule is C/C(CO)=C1\CCc2ccc(cc2)[C@@H]2C=C[C@H](c3cccc(C4(c5ccccc5)CCCCC4)c3)C[C@H]2CC(=O)O[C@@H]2c3c(ccc4c(CO)c([C@H](CCO)COCO)c(=O)oc34)O[C@@](C)([C@@H]3C[C@@H]4C=Cc5ccccc5[C@@H]4C3)[C@H]2OC1=O. The van der Waals surface area contributed by atoms with E-state index in [9.17, 15) is 25.2 Å². The van der Waals surface area contributed by atoms with Crippen molar-refractivity contribution in [2.45, 2.75) is 144 Å². The number of hydrogen-bond acceptors (Lipinski definition) is 12. The molecule has 0 radical (unpaired) electrons. The molecule has 2 fully saturated rings. The lowest BCUT2D eigenvalue weighted by Crippen LogP contribution is -2.58. The summed E-state index contributed by atoms with van der Waals surface area (Å²) in [5.74, 6) is -2.14. The molecule has 12 nitrogen and oxygen atoms in total. The second kappa shape index (κ2) is 24.0. The van der Waals surface area contributed by atoms with Crippen LogP contribution in [0.15, 0.2) is 154 Å². The van der Waals surface area contributed by atoms with E-state index in [1.807, 2.05) is 13.0 Å². The lowest BCUT2D eigenvalue weighted by atomic mass is 9.64. The maximum absolute atomic E-state index is 15.7. The number of hydrogen-bond donors (Lipinski definition) is 4. The Morgan fingerprint density at radius 1 is 0.771 bits per heavy atom. The first-order valence-electron chi connectivity index (χ1n) is 30.1. The van der Waals surface area contributed by atoms with Gasteiger partial charge in [0.2, 0.25) is 0 Å². The Balaban J connectivity index is 0.996. The van der Waals surface area contributed by atoms with E-state index in [2.05, 4.69) is 121 Å². The maximum atomic E-state index is 15.7. The summed E-state index contributed by atoms with van der Waals surface area (Å²) < 4.78 is 33.1. The Kier molecular flexibility index (Phi) is 16.3. The van der Waals surface area contributed by atoms with Crippen LogP contribution in [0.1, 0.15) is 170 Å². The molecule has 0 spiro atoms. The standard InChI is InChI=1S/C71H76O12/c1-43(39-73)55-26-20-44-18-21-46(22-19-44)56-27-25-48(47-13-11-16-53(35-47)71(31-9-4-10-32-71)52-14-5-3-6-15-52)34-51(56)37-62(76)80-66-64-61(29-28-58-60(40-74)63(69(78)81-65(58)64)50(30-33-72)41-79-42-75)83-70(2,67(66)82-68(55)77)54-36-49-24-23-45-12-7-8-17-57(45)59(49)38-54/h3,5-8,11-19,21-25,27-29,35,48-51,54,56,59,66-67,72-75H,4,9-10,20,26,30-34,36-42H2,1-2H3/b55-43-/t48-,49-,50+,51-,54+,56-,59+,66+,67-,70-/m0/s1. The zero-order valence-corrected chi connectivity index (χ0v) is 47.6. The third kappa shape index (κ3) is 10.6. The number of carbonyl (C=O) groups is 2. The first-order chi connectivity index (χ1) is 40.4. The van der Waals surface area contributed by atoms with Crippen LogP contribution < -0.4 is 10.4 Å². The summed E-state index contributed by atoms with van der Waals surface area (Å²) in [5.41, 5.74) is 7.22. The monoisotopic (exact) mass is 1120 g/mol. The number of ether oxygens (including phenoxy) is 4. The van der Waals surface area contributed by atoms with Crippen LogP contribution in [0.2, 0.25) is 0 Å². The normalized spacial score (nSPS) is 27.5. The molecule has 13 rings (SSSR count). The van der Waals surface area contributed by atoms with Crippen LogP contribution >= 0.6 is 0 Å². The molecule has 0 amide bonds. The van der Waals surface area contributed by atoms with Crippen LogP contribution in [0, 0.1) is 17.8 Å². The van der Waals surface area contributed by atoms with Gasteiger partial charge in [-0.3, -0.25) is 4.79 Å². The lowest BCUT2D eigenvalue weighted by molar-refractivity contribution is -0.199. The van der Waals surface area contributed by atoms with Crippen molar-refractivity contribution < 1.29 is 53.4 Å². The number of allylic oxidation sites excluding steroid dienone is 3. The van der Waals surface area contributed by atoms with Gasteiger partial charge in [-0.15, -0.1) is 0 Å². The second-order valence-electron chi connectivity index (χ2n) is 24.5. The Labute approximate surface area is 485 Å². The van der Waals surface area contributed by atoms with E-state index in [0.29, 0.717) is 42.2 Å². The fourth-order valence-corrected chi connectivity index (χ4v) is 15.5. The third-order valence-electron chi connectivity index (χ3n) is 19.9. The number of carbonyl (C=O) groups excluding carboxylic acids is 2. The quantitative estimate of drug-likeness (QED) is 0.0300. The van der Waals surface area contributed by atoms with Crippen molar-refractivity contribution in [1.29, 1.82) is 0 Å². The van der Waals surface area contributed by atoms with Gasteiger partial charge in [0.1, 0.15) is 23.7 Å². The predicted octanol–water partition coefficient (Wildman–Crippen LogP) is 12.2. The number of fused-ring (bicyclic) bond motifs is 14. The number of aryl methyl sites for hydroxylation is 1. The molecule has 0 unspecified atom stereocenters. The molecule has 1 aromatic heterocycles. The van der Waals surface area contributed by atoms with Gasteiger partial charge in [0.25, 0.3) is 0 Å². The van der Waals surface area contributed by atoms with Crippen molar-refractivity contribution in [2.24, 2.45) is 17.8 Å². The number of esters is 2. The molecule has 6 aromatic rings. The Morgan fingerprint density at radius 2 is 1.55 bits per heavy atom. The van der Waals surface area contributed by atoms with Crippen LogP contribution in [0.3, 0.4) is 0 Å². The maximum Gasteiger partial charge on any atom is 0.340 e. The molecule has 432 valence electrons. The van der Waals surface area contributed by atoms with E-state index in [1.165, 1.54) is 28.7 Å². The minimum atomic E-state index is -1.41. The summed E-state index contributed by atoms with van der Waals surface area (Å²) >= 11 is 0. The van der Waals surface area contributed by atoms with E-state index in [0.717, 1.165) is 42.4 Å². The van der Waals surface area contributed by atoms with Crippen molar-refractivity contribution in [2.75, 3.05) is 26.6 Å². The summed E-state index contributed by atoms with van der Waals surface area (Å²) in [7, 11) is 0. The van der Waals surface area contributed by atoms with Gasteiger partial charge in [-0.1, -0.05) is 147 Å². The topological polar surface area (TPSA) is 182 Å². The zero-order valence-electron chi connectivity index (χ0n) is 47.6. The number of aliphatic hydroxyl groups is 4. The van der Waals surface area contributed by atoms with Gasteiger partial charge >= 0.3 is 17.6 Å². The zero-order chi connectivity index (χ0) is 57.4. The average molecular weight is 1120 g/mol. The van der Waals surface area contributed by atoms with E-state index in [4.69, 9.17) is 23.4 Å². The van der Waals surface area contributed by atoms with Crippen molar-refractivity contribution in [1.82, 2.24) is 0 Å². The summed E-state index contributed by atoms with van der Waals surface area (Å²) in [6.45, 7) is 1.57. The van der Waals surface area contributed by atoms with Crippen LogP contribution in [0.4, 0.5) is 0 Å². The highest BCUT2D eigenvalue weighted by Gasteiger charge is 2.59. The Hall–Kier alpha value is -6.93. The first kappa shape index (κ1) is 56.5. The van der Waals surface area contributed by atoms with E-state index in [-0.39, 0.29) is 101 Å². The molecular formula is C71H76O12. The molecule has 4 heterocycles. The second-order valence-corrected chi connectivity index (χ2v) is 24.5. The summed E-state index contributed by atoms with van der Waals surface area (Å²) in [6, 6.07) is 40.3. The van der Waals surface area contributed by atoms with Gasteiger partial charge in [0, 0.05) is 58.6 Å². The minimum absolute atomic E-state index is 0.00936. The molecule has 7 aliphatic rings. The summed E-state index contributed by atoms with van der Waals surface area (Å²) in [6.07, 6.45) is 14.7. The van der Waals surface area contributed by atoms with Crippen molar-refractivity contribution in [3.8, 4) is 5.75 Å². The molecular weight excluding hydrogens is 1040 g/mol. The van der Waals surface area contributed by atoms with Crippen LogP contribution in [-0.2, 0) is 42.2 Å². The molecule has 10 atom stereocenters. The van der Waals surface area contributed by atoms with Gasteiger partial charge in [-0.2, -0.15) is 0 Å². The van der Waals surface area contributed by atoms with Crippen LogP contribution in [0.25, 0.3) is 17.0 Å². The highest BCUT2D eigenvalue weighted by molar-refractivity contribution is 5.90. The van der Waals surface area contributed by atoms with Gasteiger partial charge in [-0.25, -0.2) is 9.59 Å². The van der Waals surface area contributed by atoms with E-state index < -0.39 is 61.3 Å². The van der Waals surface area contributed by atoms with Gasteiger partial charge < -0.3 is 43.8 Å². The van der Waals surface area contributed by atoms with Crippen LogP contribution in [-0.4, -0.2) is 70.7 Å². The average Bonchev–Trinajstić information content (AvgIpc) is 2.34. The molecule has 83 heavy (non-hydrogen) atoms. The van der Waals surface area contributed by atoms with Gasteiger partial charge in [0.15, 0.2) is 12.2 Å². The Morgan fingerprint density at radius 3 is 2.33 bits per heavy atom. The van der Waals surface area contributed by atoms with E-state index >= 15 is 9.59 Å². The molecule has 4 N–H and O–H groups in total. The fourth-order valence-electron chi connectivity index (χ4n) is 15.5. The summed E-state index contributed by atoms with van der Waals surface area (Å²) in [5, 5.41) is 42.1. The fraction of sp³-hybridized carbons (Fsp3) is 0.423. The molecule has 2 saturated carbocycles. The predicted molar refractivity (Wildman–Crippen MR) is 317 cm³/mol.